The fraction of sp³-hybridized carbons (Fsp3) is 0.286. The number of hydrogen-bond donors (Lipinski definition) is 2. The van der Waals surface area contributed by atoms with E-state index in [0.717, 1.165) is 85.0 Å². The van der Waals surface area contributed by atoms with Gasteiger partial charge in [0.15, 0.2) is 0 Å². The molecule has 15 nitrogen and oxygen atoms in total. The van der Waals surface area contributed by atoms with Gasteiger partial charge in [-0.1, -0.05) is 36.4 Å². The molecular formula is C42H44N4Na2O11S3. The maximum absolute atomic E-state index is 13.0. The summed E-state index contributed by atoms with van der Waals surface area (Å²) in [5.41, 5.74) is 3.47. The molecule has 8 rings (SSSR count). The van der Waals surface area contributed by atoms with Gasteiger partial charge >= 0.3 is 59.1 Å². The molecule has 0 bridgehead atoms. The Morgan fingerprint density at radius 2 is 0.919 bits per heavy atom. The van der Waals surface area contributed by atoms with E-state index in [2.05, 4.69) is 19.8 Å². The summed E-state index contributed by atoms with van der Waals surface area (Å²) >= 11 is -3.11. The van der Waals surface area contributed by atoms with Crippen molar-refractivity contribution in [2.24, 2.45) is 0 Å². The second-order valence-corrected chi connectivity index (χ2v) is 18.4. The number of hydrogen-bond acceptors (Lipinski definition) is 15. The fourth-order valence-electron chi connectivity index (χ4n) is 7.08. The number of benzene rings is 4. The van der Waals surface area contributed by atoms with Crippen LogP contribution in [0.25, 0.3) is 21.8 Å². The van der Waals surface area contributed by atoms with Crippen LogP contribution in [0.4, 0.5) is 11.4 Å². The number of anilines is 2. The molecule has 0 atom stereocenters. The third kappa shape index (κ3) is 12.5. The molecular weight excluding hydrogens is 879 g/mol. The standard InChI is InChI=1S/2C21H22N2O4S.2Na.H2O3S/c2*1-27-17-5-3-6-18(13-17)28(25,26)19-12-15-4-2-7-20(21(15)22-14-19)23-10-8-16(24)9-11-23;;;1-4(2)3/h2*2-7,12-14,16,24H,8-11H2,1H3;;;(H2,1,2,3)/q;;2*+1;/p-2. The number of aromatic nitrogens is 2. The number of aliphatic hydroxyl groups excluding tert-OH is 2. The Labute approximate surface area is 408 Å². The number of para-hydroxylation sites is 2. The van der Waals surface area contributed by atoms with E-state index in [0.29, 0.717) is 11.5 Å². The van der Waals surface area contributed by atoms with E-state index in [-0.39, 0.29) is 90.9 Å². The van der Waals surface area contributed by atoms with Gasteiger partial charge in [-0.3, -0.25) is 14.2 Å². The van der Waals surface area contributed by atoms with Crippen molar-refractivity contribution < 1.29 is 109 Å². The number of fused-ring (bicyclic) bond motifs is 2. The number of rotatable bonds is 8. The summed E-state index contributed by atoms with van der Waals surface area (Å²) in [6.45, 7) is 3.02. The number of nitrogens with zero attached hydrogens (tertiary/aromatic N) is 4. The zero-order valence-corrected chi connectivity index (χ0v) is 41.2. The second kappa shape index (κ2) is 23.1. The molecule has 0 saturated carbocycles. The number of pyridine rings is 2. The Bertz CT molecular complexity index is 2520. The van der Waals surface area contributed by atoms with Crippen LogP contribution in [0.5, 0.6) is 11.5 Å². The molecule has 0 unspecified atom stereocenters. The minimum Gasteiger partial charge on any atom is -0.784 e. The van der Waals surface area contributed by atoms with Gasteiger partial charge in [0.25, 0.3) is 0 Å². The van der Waals surface area contributed by atoms with Crippen LogP contribution in [0.3, 0.4) is 0 Å². The predicted molar refractivity (Wildman–Crippen MR) is 225 cm³/mol. The second-order valence-electron chi connectivity index (χ2n) is 14.0. The molecule has 4 heterocycles. The first-order chi connectivity index (χ1) is 28.7. The summed E-state index contributed by atoms with van der Waals surface area (Å²) in [6, 6.07) is 27.7. The average molecular weight is 923 g/mol. The van der Waals surface area contributed by atoms with Crippen molar-refractivity contribution in [2.45, 2.75) is 57.5 Å². The van der Waals surface area contributed by atoms with Gasteiger partial charge in [-0.15, -0.1) is 11.4 Å². The van der Waals surface area contributed by atoms with Crippen LogP contribution in [-0.4, -0.2) is 103 Å². The van der Waals surface area contributed by atoms with Gasteiger partial charge in [0.05, 0.1) is 68.4 Å². The maximum Gasteiger partial charge on any atom is 1.00 e. The van der Waals surface area contributed by atoms with E-state index in [1.54, 1.807) is 48.5 Å². The van der Waals surface area contributed by atoms with Gasteiger partial charge in [-0.05, 0) is 86.3 Å². The summed E-state index contributed by atoms with van der Waals surface area (Å²) in [5.74, 6) is 0.980. The zero-order chi connectivity index (χ0) is 43.0. The van der Waals surface area contributed by atoms with Crippen molar-refractivity contribution in [3.8, 4) is 11.5 Å². The number of methoxy groups -OCH3 is 2. The van der Waals surface area contributed by atoms with Crippen molar-refractivity contribution in [3.05, 3.63) is 109 Å². The number of sulfone groups is 2. The Hall–Kier alpha value is -3.21. The molecule has 2 aliphatic rings. The molecule has 2 fully saturated rings. The molecule has 2 N–H and O–H groups in total. The molecule has 2 aliphatic heterocycles. The van der Waals surface area contributed by atoms with Crippen molar-refractivity contribution in [2.75, 3.05) is 50.2 Å². The van der Waals surface area contributed by atoms with Gasteiger partial charge in [-0.2, -0.15) is 0 Å². The summed E-state index contributed by atoms with van der Waals surface area (Å²) < 4.78 is 87.8. The van der Waals surface area contributed by atoms with Crippen LogP contribution in [0.2, 0.25) is 0 Å². The maximum atomic E-state index is 13.0. The normalized spacial score (nSPS) is 14.8. The first-order valence-electron chi connectivity index (χ1n) is 18.9. The molecule has 0 radical (unpaired) electrons. The minimum atomic E-state index is -3.70. The molecule has 0 spiro atoms. The van der Waals surface area contributed by atoms with Gasteiger partial charge in [0, 0.05) is 49.3 Å². The minimum absolute atomic E-state index is 0. The molecule has 318 valence electrons. The summed E-state index contributed by atoms with van der Waals surface area (Å²) in [4.78, 5) is 14.0. The molecule has 0 amide bonds. The van der Waals surface area contributed by atoms with Crippen molar-refractivity contribution in [1.29, 1.82) is 0 Å². The fourth-order valence-corrected chi connectivity index (χ4v) is 9.63. The van der Waals surface area contributed by atoms with Crippen molar-refractivity contribution in [3.63, 3.8) is 0 Å². The Balaban J connectivity index is 0.000000244. The SMILES string of the molecule is COc1cccc(S(=O)(=O)c2cnc3c(N4CCC(O)CC4)cccc3c2)c1.COc1cccc(S(=O)(=O)c2cnc3c(N4CCC(O)CC4)cccc3c2)c1.O=S([O-])[O-].[Na+].[Na+]. The third-order valence-corrected chi connectivity index (χ3v) is 13.7. The third-order valence-electron chi connectivity index (χ3n) is 10.3. The molecule has 20 heteroatoms. The van der Waals surface area contributed by atoms with E-state index in [4.69, 9.17) is 22.8 Å². The van der Waals surface area contributed by atoms with E-state index in [1.807, 2.05) is 36.4 Å². The van der Waals surface area contributed by atoms with Crippen LogP contribution in [0.15, 0.2) is 129 Å². The van der Waals surface area contributed by atoms with Gasteiger partial charge in [-0.25, -0.2) is 16.8 Å². The topological polar surface area (TPSA) is 223 Å². The summed E-state index contributed by atoms with van der Waals surface area (Å²) in [6.07, 6.45) is 5.21. The van der Waals surface area contributed by atoms with Gasteiger partial charge in [0.2, 0.25) is 19.7 Å². The van der Waals surface area contributed by atoms with Crippen LogP contribution in [0.1, 0.15) is 25.7 Å². The van der Waals surface area contributed by atoms with Crippen LogP contribution in [0, 0.1) is 0 Å². The monoisotopic (exact) mass is 922 g/mol. The molecule has 62 heavy (non-hydrogen) atoms. The van der Waals surface area contributed by atoms with E-state index in [9.17, 15) is 27.0 Å². The smallest absolute Gasteiger partial charge is 0.784 e. The largest absolute Gasteiger partial charge is 1.00 e. The van der Waals surface area contributed by atoms with Gasteiger partial charge < -0.3 is 38.6 Å². The van der Waals surface area contributed by atoms with Crippen LogP contribution < -0.4 is 78.4 Å². The van der Waals surface area contributed by atoms with E-state index >= 15 is 0 Å². The van der Waals surface area contributed by atoms with Crippen LogP contribution in [-0.2, 0) is 31.0 Å². The number of aliphatic hydroxyl groups is 2. The van der Waals surface area contributed by atoms with Crippen molar-refractivity contribution >= 4 is 64.2 Å². The van der Waals surface area contributed by atoms with Gasteiger partial charge in [0.1, 0.15) is 11.5 Å². The first kappa shape index (κ1) is 51.4. The average Bonchev–Trinajstić information content (AvgIpc) is 3.26. The van der Waals surface area contributed by atoms with Crippen LogP contribution >= 0.6 is 0 Å². The summed E-state index contributed by atoms with van der Waals surface area (Å²) in [7, 11) is -4.39. The first-order valence-corrected chi connectivity index (χ1v) is 22.9. The van der Waals surface area contributed by atoms with E-state index in [1.165, 1.54) is 38.7 Å². The predicted octanol–water partition coefficient (Wildman–Crippen LogP) is -0.921. The Morgan fingerprint density at radius 3 is 1.26 bits per heavy atom. The van der Waals surface area contributed by atoms with E-state index < -0.39 is 31.0 Å². The Kier molecular flexibility index (Phi) is 19.2. The zero-order valence-electron chi connectivity index (χ0n) is 34.8. The molecule has 4 aromatic carbocycles. The molecule has 6 aromatic rings. The molecule has 0 aliphatic carbocycles. The Morgan fingerprint density at radius 1 is 0.581 bits per heavy atom. The summed E-state index contributed by atoms with van der Waals surface area (Å²) in [5, 5.41) is 21.0. The number of ether oxygens (including phenoxy) is 2. The number of piperidine rings is 2. The molecule has 2 aromatic heterocycles. The quantitative estimate of drug-likeness (QED) is 0.139. The van der Waals surface area contributed by atoms with Crippen molar-refractivity contribution in [1.82, 2.24) is 9.97 Å². The molecule has 2 saturated heterocycles.